The minimum atomic E-state index is -0.295. The van der Waals surface area contributed by atoms with Gasteiger partial charge in [-0.15, -0.1) is 0 Å². The highest BCUT2D eigenvalue weighted by molar-refractivity contribution is 5.90. The Bertz CT molecular complexity index is 909. The van der Waals surface area contributed by atoms with Crippen molar-refractivity contribution in [2.24, 2.45) is 0 Å². The zero-order chi connectivity index (χ0) is 17.9. The van der Waals surface area contributed by atoms with Crippen LogP contribution in [-0.4, -0.2) is 27.6 Å². The summed E-state index contributed by atoms with van der Waals surface area (Å²) in [4.78, 5) is 16.2. The Morgan fingerprint density at radius 3 is 2.73 bits per heavy atom. The summed E-state index contributed by atoms with van der Waals surface area (Å²) in [6.07, 6.45) is 3.12. The second-order valence-electron chi connectivity index (χ2n) is 5.82. The van der Waals surface area contributed by atoms with Crippen LogP contribution in [0, 0.1) is 0 Å². The smallest absolute Gasteiger partial charge is 0.319 e. The minimum absolute atomic E-state index is 0.159. The molecular formula is C18H17N5O3. The minimum Gasteiger partial charge on any atom is -0.454 e. The van der Waals surface area contributed by atoms with E-state index in [0.717, 1.165) is 11.3 Å². The van der Waals surface area contributed by atoms with Gasteiger partial charge in [-0.2, -0.15) is 5.10 Å². The quantitative estimate of drug-likeness (QED) is 0.754. The van der Waals surface area contributed by atoms with Crippen LogP contribution in [-0.2, 0) is 0 Å². The van der Waals surface area contributed by atoms with Gasteiger partial charge >= 0.3 is 6.03 Å². The lowest BCUT2D eigenvalue weighted by atomic mass is 10.1. The lowest BCUT2D eigenvalue weighted by molar-refractivity contribution is 0.174. The maximum absolute atomic E-state index is 12.2. The van der Waals surface area contributed by atoms with Crippen molar-refractivity contribution in [3.63, 3.8) is 0 Å². The van der Waals surface area contributed by atoms with Gasteiger partial charge in [-0.05, 0) is 36.8 Å². The van der Waals surface area contributed by atoms with Crippen molar-refractivity contribution in [2.75, 3.05) is 12.1 Å². The maximum atomic E-state index is 12.2. The number of carbonyl (C=O) groups is 1. The van der Waals surface area contributed by atoms with Gasteiger partial charge in [0.15, 0.2) is 11.5 Å². The van der Waals surface area contributed by atoms with Crippen LogP contribution in [0.1, 0.15) is 18.5 Å². The fourth-order valence-electron chi connectivity index (χ4n) is 2.68. The van der Waals surface area contributed by atoms with Crippen LogP contribution in [0.4, 0.5) is 10.5 Å². The van der Waals surface area contributed by atoms with E-state index in [4.69, 9.17) is 9.47 Å². The van der Waals surface area contributed by atoms with Crippen LogP contribution in [0.25, 0.3) is 5.69 Å². The van der Waals surface area contributed by atoms with Crippen LogP contribution in [0.2, 0.25) is 0 Å². The molecule has 132 valence electrons. The number of nitrogens with one attached hydrogen (secondary N) is 2. The average Bonchev–Trinajstić information content (AvgIpc) is 3.33. The molecule has 0 aliphatic carbocycles. The molecule has 2 N–H and O–H groups in total. The molecule has 2 aromatic carbocycles. The van der Waals surface area contributed by atoms with E-state index in [-0.39, 0.29) is 18.9 Å². The third-order valence-corrected chi connectivity index (χ3v) is 4.05. The summed E-state index contributed by atoms with van der Waals surface area (Å²) in [7, 11) is 0. The van der Waals surface area contributed by atoms with Crippen molar-refractivity contribution in [1.82, 2.24) is 20.1 Å². The molecule has 4 rings (SSSR count). The monoisotopic (exact) mass is 351 g/mol. The van der Waals surface area contributed by atoms with E-state index in [1.165, 1.54) is 6.33 Å². The number of carbonyl (C=O) groups excluding carboxylic acids is 1. The zero-order valence-electron chi connectivity index (χ0n) is 14.0. The number of rotatable bonds is 4. The Morgan fingerprint density at radius 1 is 1.15 bits per heavy atom. The standard InChI is InChI=1S/C18H17N5O3/c1-12(13-2-5-15(6-3-13)23-10-19-9-20-23)21-18(24)22-14-4-7-16-17(8-14)26-11-25-16/h2-10,12H,11H2,1H3,(H2,21,22,24)/t12-/m0/s1. The Labute approximate surface area is 149 Å². The van der Waals surface area contributed by atoms with Gasteiger partial charge in [-0.25, -0.2) is 14.5 Å². The van der Waals surface area contributed by atoms with E-state index in [0.29, 0.717) is 17.2 Å². The summed E-state index contributed by atoms with van der Waals surface area (Å²) >= 11 is 0. The molecule has 1 atom stereocenters. The molecule has 3 aromatic rings. The largest absolute Gasteiger partial charge is 0.454 e. The van der Waals surface area contributed by atoms with Crippen molar-refractivity contribution in [2.45, 2.75) is 13.0 Å². The van der Waals surface area contributed by atoms with Gasteiger partial charge in [-0.1, -0.05) is 12.1 Å². The first-order chi connectivity index (χ1) is 12.7. The molecule has 1 aliphatic heterocycles. The predicted molar refractivity (Wildman–Crippen MR) is 94.5 cm³/mol. The first-order valence-corrected chi connectivity index (χ1v) is 8.11. The number of fused-ring (bicyclic) bond motifs is 1. The molecule has 8 heteroatoms. The summed E-state index contributed by atoms with van der Waals surface area (Å²) in [5.74, 6) is 1.30. The first-order valence-electron chi connectivity index (χ1n) is 8.11. The fraction of sp³-hybridized carbons (Fsp3) is 0.167. The number of nitrogens with zero attached hydrogens (tertiary/aromatic N) is 3. The van der Waals surface area contributed by atoms with Crippen LogP contribution < -0.4 is 20.1 Å². The number of anilines is 1. The van der Waals surface area contributed by atoms with Gasteiger partial charge < -0.3 is 20.1 Å². The molecule has 0 saturated heterocycles. The normalized spacial score (nSPS) is 13.3. The highest BCUT2D eigenvalue weighted by Gasteiger charge is 2.15. The second-order valence-corrected chi connectivity index (χ2v) is 5.82. The predicted octanol–water partition coefficient (Wildman–Crippen LogP) is 2.88. The van der Waals surface area contributed by atoms with Crippen LogP contribution in [0.3, 0.4) is 0 Å². The van der Waals surface area contributed by atoms with E-state index in [1.807, 2.05) is 31.2 Å². The first kappa shape index (κ1) is 15.9. The van der Waals surface area contributed by atoms with E-state index in [2.05, 4.69) is 20.7 Å². The Morgan fingerprint density at radius 2 is 1.96 bits per heavy atom. The van der Waals surface area contributed by atoms with E-state index in [9.17, 15) is 4.79 Å². The second kappa shape index (κ2) is 6.75. The lowest BCUT2D eigenvalue weighted by Gasteiger charge is -2.15. The maximum Gasteiger partial charge on any atom is 0.319 e. The molecule has 2 heterocycles. The zero-order valence-corrected chi connectivity index (χ0v) is 14.0. The van der Waals surface area contributed by atoms with Gasteiger partial charge in [0.25, 0.3) is 0 Å². The van der Waals surface area contributed by atoms with Crippen molar-refractivity contribution in [1.29, 1.82) is 0 Å². The number of benzene rings is 2. The molecule has 8 nitrogen and oxygen atoms in total. The van der Waals surface area contributed by atoms with Gasteiger partial charge in [0, 0.05) is 11.8 Å². The van der Waals surface area contributed by atoms with Crippen molar-refractivity contribution >= 4 is 11.7 Å². The van der Waals surface area contributed by atoms with Crippen LogP contribution in [0.5, 0.6) is 11.5 Å². The molecular weight excluding hydrogens is 334 g/mol. The van der Waals surface area contributed by atoms with Gasteiger partial charge in [-0.3, -0.25) is 0 Å². The third-order valence-electron chi connectivity index (χ3n) is 4.05. The molecule has 26 heavy (non-hydrogen) atoms. The van der Waals surface area contributed by atoms with Crippen molar-refractivity contribution in [3.05, 3.63) is 60.7 Å². The Kier molecular flexibility index (Phi) is 4.14. The molecule has 1 aliphatic rings. The van der Waals surface area contributed by atoms with E-state index >= 15 is 0 Å². The number of hydrogen-bond acceptors (Lipinski definition) is 5. The number of ether oxygens (including phenoxy) is 2. The summed E-state index contributed by atoms with van der Waals surface area (Å²) in [5.41, 5.74) is 2.53. The van der Waals surface area contributed by atoms with E-state index in [1.54, 1.807) is 29.2 Å². The van der Waals surface area contributed by atoms with Crippen molar-refractivity contribution in [3.8, 4) is 17.2 Å². The highest BCUT2D eigenvalue weighted by Crippen LogP contribution is 2.34. The molecule has 0 bridgehead atoms. The van der Waals surface area contributed by atoms with Gasteiger partial charge in [0.1, 0.15) is 12.7 Å². The number of amides is 2. The van der Waals surface area contributed by atoms with E-state index < -0.39 is 0 Å². The SMILES string of the molecule is C[C@H](NC(=O)Nc1ccc2c(c1)OCO2)c1ccc(-n2cncn2)cc1. The van der Waals surface area contributed by atoms with Crippen LogP contribution >= 0.6 is 0 Å². The number of aromatic nitrogens is 3. The Hall–Kier alpha value is -3.55. The highest BCUT2D eigenvalue weighted by atomic mass is 16.7. The summed E-state index contributed by atoms with van der Waals surface area (Å²) < 4.78 is 12.2. The Balaban J connectivity index is 1.38. The lowest BCUT2D eigenvalue weighted by Crippen LogP contribution is -2.31. The molecule has 1 aromatic heterocycles. The molecule has 0 fully saturated rings. The molecule has 2 amide bonds. The third kappa shape index (κ3) is 3.30. The molecule has 0 spiro atoms. The van der Waals surface area contributed by atoms with Gasteiger partial charge in [0.2, 0.25) is 6.79 Å². The van der Waals surface area contributed by atoms with Crippen molar-refractivity contribution < 1.29 is 14.3 Å². The molecule has 0 radical (unpaired) electrons. The number of urea groups is 1. The average molecular weight is 351 g/mol. The van der Waals surface area contributed by atoms with Crippen LogP contribution in [0.15, 0.2) is 55.1 Å². The summed E-state index contributed by atoms with van der Waals surface area (Å²) in [6, 6.07) is 12.6. The topological polar surface area (TPSA) is 90.3 Å². The molecule has 0 saturated carbocycles. The summed E-state index contributed by atoms with van der Waals surface area (Å²) in [6.45, 7) is 2.12. The summed E-state index contributed by atoms with van der Waals surface area (Å²) in [5, 5.41) is 9.80. The number of hydrogen-bond donors (Lipinski definition) is 2. The molecule has 0 unspecified atom stereocenters. The van der Waals surface area contributed by atoms with Gasteiger partial charge in [0.05, 0.1) is 11.7 Å². The fourth-order valence-corrected chi connectivity index (χ4v) is 2.68.